The van der Waals surface area contributed by atoms with Crippen molar-refractivity contribution in [2.45, 2.75) is 26.2 Å². The predicted molar refractivity (Wildman–Crippen MR) is 122 cm³/mol. The van der Waals surface area contributed by atoms with E-state index >= 15 is 0 Å². The number of ether oxygens (including phenoxy) is 1. The number of benzene rings is 3. The fourth-order valence-corrected chi connectivity index (χ4v) is 4.03. The molecule has 30 heavy (non-hydrogen) atoms. The second-order valence-electron chi connectivity index (χ2n) is 7.87. The summed E-state index contributed by atoms with van der Waals surface area (Å²) < 4.78 is 20.6. The van der Waals surface area contributed by atoms with Gasteiger partial charge in [-0.2, -0.15) is 0 Å². The summed E-state index contributed by atoms with van der Waals surface area (Å²) in [7, 11) is 0. The van der Waals surface area contributed by atoms with Gasteiger partial charge in [-0.05, 0) is 55.0 Å². The highest BCUT2D eigenvalue weighted by molar-refractivity contribution is 6.32. The van der Waals surface area contributed by atoms with Crippen LogP contribution in [0.4, 0.5) is 4.39 Å². The average molecular weight is 437 g/mol. The van der Waals surface area contributed by atoms with Crippen molar-refractivity contribution < 1.29 is 9.13 Å². The zero-order chi connectivity index (χ0) is 21.5. The van der Waals surface area contributed by atoms with E-state index in [1.807, 2.05) is 49.4 Å². The number of halogens is 3. The highest BCUT2D eigenvalue weighted by Gasteiger charge is 2.30. The third-order valence-electron chi connectivity index (χ3n) is 5.06. The van der Waals surface area contributed by atoms with Crippen molar-refractivity contribution in [3.63, 3.8) is 0 Å². The quantitative estimate of drug-likeness (QED) is 0.357. The van der Waals surface area contributed by atoms with E-state index in [-0.39, 0.29) is 11.0 Å². The van der Waals surface area contributed by atoms with Gasteiger partial charge in [0.15, 0.2) is 0 Å². The normalized spacial score (nSPS) is 14.1. The molecule has 0 bridgehead atoms. The summed E-state index contributed by atoms with van der Waals surface area (Å²) >= 11 is 12.5. The summed E-state index contributed by atoms with van der Waals surface area (Å²) in [5.74, 6) is 6.88. The van der Waals surface area contributed by atoms with Gasteiger partial charge in [0.05, 0.1) is 15.6 Å². The summed E-state index contributed by atoms with van der Waals surface area (Å²) in [4.78, 5) is 0. The van der Waals surface area contributed by atoms with Crippen LogP contribution in [0.2, 0.25) is 10.0 Å². The molecule has 0 atom stereocenters. The highest BCUT2D eigenvalue weighted by Crippen LogP contribution is 2.43. The van der Waals surface area contributed by atoms with Crippen LogP contribution in [0.15, 0.2) is 60.7 Å². The topological polar surface area (TPSA) is 9.23 Å². The van der Waals surface area contributed by atoms with Crippen LogP contribution >= 0.6 is 23.2 Å². The molecule has 3 aromatic rings. The molecule has 0 unspecified atom stereocenters. The van der Waals surface area contributed by atoms with Crippen molar-refractivity contribution in [1.29, 1.82) is 0 Å². The van der Waals surface area contributed by atoms with E-state index in [9.17, 15) is 4.39 Å². The molecule has 0 radical (unpaired) electrons. The molecule has 0 fully saturated rings. The first-order valence-electron chi connectivity index (χ1n) is 9.52. The van der Waals surface area contributed by atoms with E-state index in [4.69, 9.17) is 27.9 Å². The molecule has 4 heteroatoms. The minimum atomic E-state index is -0.419. The lowest BCUT2D eigenvalue weighted by Crippen LogP contribution is -2.21. The largest absolute Gasteiger partial charge is 0.457 e. The van der Waals surface area contributed by atoms with Crippen LogP contribution in [0.25, 0.3) is 5.76 Å². The van der Waals surface area contributed by atoms with Crippen LogP contribution in [0, 0.1) is 24.6 Å². The zero-order valence-electron chi connectivity index (χ0n) is 16.8. The smallest absolute Gasteiger partial charge is 0.136 e. The van der Waals surface area contributed by atoms with Gasteiger partial charge in [0.25, 0.3) is 0 Å². The van der Waals surface area contributed by atoms with Gasteiger partial charge >= 0.3 is 0 Å². The number of hydrogen-bond acceptors (Lipinski definition) is 1. The van der Waals surface area contributed by atoms with Crippen molar-refractivity contribution in [3.05, 3.63) is 104 Å². The van der Waals surface area contributed by atoms with Crippen LogP contribution in [0.1, 0.15) is 41.7 Å². The Kier molecular flexibility index (Phi) is 5.36. The second-order valence-corrected chi connectivity index (χ2v) is 8.69. The van der Waals surface area contributed by atoms with Crippen LogP contribution < -0.4 is 4.74 Å². The minimum Gasteiger partial charge on any atom is -0.457 e. The van der Waals surface area contributed by atoms with Crippen LogP contribution in [-0.4, -0.2) is 0 Å². The van der Waals surface area contributed by atoms with Crippen LogP contribution in [0.3, 0.4) is 0 Å². The van der Waals surface area contributed by atoms with Crippen molar-refractivity contribution in [1.82, 2.24) is 0 Å². The maximum Gasteiger partial charge on any atom is 0.136 e. The summed E-state index contributed by atoms with van der Waals surface area (Å²) in [6.07, 6.45) is 1.90. The maximum atomic E-state index is 14.5. The van der Waals surface area contributed by atoms with Crippen LogP contribution in [0.5, 0.6) is 5.75 Å². The zero-order valence-corrected chi connectivity index (χ0v) is 18.3. The molecule has 0 saturated heterocycles. The fraction of sp³-hybridized carbons (Fsp3) is 0.154. The number of hydrogen-bond donors (Lipinski definition) is 0. The summed E-state index contributed by atoms with van der Waals surface area (Å²) in [6, 6.07) is 16.2. The Morgan fingerprint density at radius 3 is 2.47 bits per heavy atom. The molecule has 1 aliphatic heterocycles. The van der Waals surface area contributed by atoms with Gasteiger partial charge in [-0.3, -0.25) is 0 Å². The van der Waals surface area contributed by atoms with Crippen LogP contribution in [-0.2, 0) is 5.41 Å². The van der Waals surface area contributed by atoms with Gasteiger partial charge in [-0.1, -0.05) is 67.1 Å². The molecular formula is C26H19Cl2FO. The Morgan fingerprint density at radius 1 is 0.933 bits per heavy atom. The Bertz CT molecular complexity index is 1230. The minimum absolute atomic E-state index is 0.265. The molecule has 0 amide bonds. The molecule has 0 aromatic heterocycles. The highest BCUT2D eigenvalue weighted by atomic mass is 35.5. The molecule has 0 N–H and O–H groups in total. The van der Waals surface area contributed by atoms with Gasteiger partial charge in [0, 0.05) is 22.1 Å². The average Bonchev–Trinajstić information content (AvgIpc) is 2.66. The van der Waals surface area contributed by atoms with E-state index in [0.29, 0.717) is 21.6 Å². The molecular weight excluding hydrogens is 418 g/mol. The fourth-order valence-electron chi connectivity index (χ4n) is 3.49. The van der Waals surface area contributed by atoms with Gasteiger partial charge in [-0.25, -0.2) is 4.39 Å². The maximum absolute atomic E-state index is 14.5. The lowest BCUT2D eigenvalue weighted by atomic mass is 9.81. The number of rotatable bonds is 1. The number of aryl methyl sites for hydroxylation is 1. The Hall–Kier alpha value is -2.73. The summed E-state index contributed by atoms with van der Waals surface area (Å²) in [6.45, 7) is 6.10. The van der Waals surface area contributed by atoms with Crippen molar-refractivity contribution >= 4 is 29.0 Å². The molecule has 0 aliphatic carbocycles. The van der Waals surface area contributed by atoms with Gasteiger partial charge in [-0.15, -0.1) is 0 Å². The van der Waals surface area contributed by atoms with Gasteiger partial charge in [0.2, 0.25) is 0 Å². The van der Waals surface area contributed by atoms with Gasteiger partial charge < -0.3 is 4.74 Å². The lowest BCUT2D eigenvalue weighted by Gasteiger charge is -2.31. The predicted octanol–water partition coefficient (Wildman–Crippen LogP) is 7.55. The Balaban J connectivity index is 1.73. The molecule has 0 saturated carbocycles. The van der Waals surface area contributed by atoms with E-state index in [1.165, 1.54) is 6.07 Å². The number of allylic oxidation sites excluding steroid dienone is 1. The molecule has 0 spiro atoms. The van der Waals surface area contributed by atoms with Crippen molar-refractivity contribution in [2.24, 2.45) is 0 Å². The SMILES string of the molecule is Cc1ccc(C#Cc2ccc3c(c2)OC(c2c(F)cccc2Cl)=CC3(C)C)c(Cl)c1. The molecule has 150 valence electrons. The van der Waals surface area contributed by atoms with Gasteiger partial charge in [0.1, 0.15) is 17.3 Å². The standard InChI is InChI=1S/C26H19Cl2FO/c1-16-7-10-18(21(28)13-16)11-8-17-9-12-19-23(14-17)30-24(15-26(19,2)3)25-20(27)5-4-6-22(25)29/h4-7,9-10,12-15H,1-3H3. The molecule has 3 aromatic carbocycles. The summed E-state index contributed by atoms with van der Waals surface area (Å²) in [5, 5.41) is 0.933. The van der Waals surface area contributed by atoms with Crippen molar-refractivity contribution in [2.75, 3.05) is 0 Å². The first-order chi connectivity index (χ1) is 14.2. The third-order valence-corrected chi connectivity index (χ3v) is 5.69. The second kappa shape index (κ2) is 7.84. The van der Waals surface area contributed by atoms with E-state index in [1.54, 1.807) is 12.1 Å². The van der Waals surface area contributed by atoms with E-state index < -0.39 is 5.82 Å². The molecule has 1 heterocycles. The first kappa shape index (κ1) is 20.5. The molecule has 1 nitrogen and oxygen atoms in total. The van der Waals surface area contributed by atoms with Crippen molar-refractivity contribution in [3.8, 4) is 17.6 Å². The summed E-state index contributed by atoms with van der Waals surface area (Å²) in [5.41, 5.74) is 3.53. The van der Waals surface area contributed by atoms with E-state index in [2.05, 4.69) is 25.7 Å². The lowest BCUT2D eigenvalue weighted by molar-refractivity contribution is 0.456. The third kappa shape index (κ3) is 3.97. The Morgan fingerprint density at radius 2 is 1.73 bits per heavy atom. The monoisotopic (exact) mass is 436 g/mol. The first-order valence-corrected chi connectivity index (χ1v) is 10.3. The van der Waals surface area contributed by atoms with E-state index in [0.717, 1.165) is 22.3 Å². The molecule has 1 aliphatic rings. The molecule has 4 rings (SSSR count). The Labute approximate surface area is 186 Å². The number of fused-ring (bicyclic) bond motifs is 1.